The molecule has 1 aliphatic heterocycles. The van der Waals surface area contributed by atoms with E-state index in [2.05, 4.69) is 38.7 Å². The van der Waals surface area contributed by atoms with E-state index in [4.69, 9.17) is 16.3 Å². The van der Waals surface area contributed by atoms with Crippen molar-refractivity contribution in [2.45, 2.75) is 24.9 Å². The molecule has 2 atom stereocenters. The van der Waals surface area contributed by atoms with Crippen LogP contribution in [0, 0.1) is 0 Å². The van der Waals surface area contributed by atoms with Crippen molar-refractivity contribution in [3.8, 4) is 5.75 Å². The number of benzene rings is 2. The molecule has 2 amide bonds. The number of hydrogen-bond donors (Lipinski definition) is 2. The summed E-state index contributed by atoms with van der Waals surface area (Å²) in [5.41, 5.74) is 3.08. The van der Waals surface area contributed by atoms with Gasteiger partial charge in [0.25, 0.3) is 0 Å². The van der Waals surface area contributed by atoms with Crippen LogP contribution in [0.25, 0.3) is 0 Å². The van der Waals surface area contributed by atoms with Crippen molar-refractivity contribution < 1.29 is 9.53 Å². The van der Waals surface area contributed by atoms with Crippen LogP contribution in [0.1, 0.15) is 23.5 Å². The highest BCUT2D eigenvalue weighted by atomic mass is 35.5. The van der Waals surface area contributed by atoms with Gasteiger partial charge in [-0.1, -0.05) is 29.8 Å². The number of amides is 2. The summed E-state index contributed by atoms with van der Waals surface area (Å²) in [5, 5.41) is 6.73. The Labute approximate surface area is 193 Å². The monoisotopic (exact) mass is 450 g/mol. The predicted octanol–water partition coefficient (Wildman–Crippen LogP) is 4.92. The molecular formula is C25H27ClN4O2. The second-order valence-corrected chi connectivity index (χ2v) is 8.41. The van der Waals surface area contributed by atoms with E-state index in [0.717, 1.165) is 31.8 Å². The third kappa shape index (κ3) is 5.78. The molecule has 4 rings (SSSR count). The zero-order valence-electron chi connectivity index (χ0n) is 18.0. The number of nitrogens with zero attached hydrogens (tertiary/aromatic N) is 2. The average molecular weight is 451 g/mol. The van der Waals surface area contributed by atoms with E-state index in [0.29, 0.717) is 10.7 Å². The number of piperidine rings is 1. The highest BCUT2D eigenvalue weighted by Crippen LogP contribution is 2.30. The fourth-order valence-electron chi connectivity index (χ4n) is 4.14. The number of carbonyl (C=O) groups excluding carboxylic acids is 1. The molecule has 1 aromatic heterocycles. The first-order valence-electron chi connectivity index (χ1n) is 10.7. The van der Waals surface area contributed by atoms with Crippen LogP contribution in [-0.4, -0.2) is 42.2 Å². The van der Waals surface area contributed by atoms with Gasteiger partial charge in [-0.15, -0.1) is 0 Å². The van der Waals surface area contributed by atoms with Crippen LogP contribution < -0.4 is 15.4 Å². The van der Waals surface area contributed by atoms with Crippen LogP contribution in [0.5, 0.6) is 5.75 Å². The molecule has 3 aromatic rings. The summed E-state index contributed by atoms with van der Waals surface area (Å²) < 4.78 is 5.32. The van der Waals surface area contributed by atoms with Crippen LogP contribution >= 0.6 is 11.6 Å². The summed E-state index contributed by atoms with van der Waals surface area (Å²) in [5.74, 6) is 0.976. The fraction of sp³-hybridized carbons (Fsp3) is 0.280. The van der Waals surface area contributed by atoms with E-state index < -0.39 is 0 Å². The van der Waals surface area contributed by atoms with E-state index in [9.17, 15) is 4.79 Å². The lowest BCUT2D eigenvalue weighted by Gasteiger charge is -2.39. The van der Waals surface area contributed by atoms with Crippen LogP contribution in [0.3, 0.4) is 0 Å². The lowest BCUT2D eigenvalue weighted by atomic mass is 9.85. The van der Waals surface area contributed by atoms with E-state index in [-0.39, 0.29) is 18.0 Å². The molecule has 2 heterocycles. The minimum Gasteiger partial charge on any atom is -0.497 e. The Kier molecular flexibility index (Phi) is 7.24. The van der Waals surface area contributed by atoms with Crippen molar-refractivity contribution in [1.82, 2.24) is 15.2 Å². The Bertz CT molecular complexity index is 1010. The SMILES string of the molecule is COc1ccc(C2CN(Cc3cccnc3)CCC2NC(=O)Nc2ccc(Cl)cc2)cc1. The van der Waals surface area contributed by atoms with Gasteiger partial charge in [-0.25, -0.2) is 4.79 Å². The smallest absolute Gasteiger partial charge is 0.319 e. The molecule has 0 saturated carbocycles. The number of aromatic nitrogens is 1. The number of halogens is 1. The van der Waals surface area contributed by atoms with Gasteiger partial charge in [0, 0.05) is 54.7 Å². The van der Waals surface area contributed by atoms with Gasteiger partial charge in [0.05, 0.1) is 7.11 Å². The normalized spacial score (nSPS) is 18.7. The number of carbonyl (C=O) groups is 1. The second kappa shape index (κ2) is 10.5. The molecule has 1 saturated heterocycles. The first kappa shape index (κ1) is 22.1. The van der Waals surface area contributed by atoms with Crippen molar-refractivity contribution >= 4 is 23.3 Å². The van der Waals surface area contributed by atoms with Gasteiger partial charge in [-0.3, -0.25) is 9.88 Å². The standard InChI is InChI=1S/C25H27ClN4O2/c1-32-22-10-4-19(5-11-22)23-17-30(16-18-3-2-13-27-15-18)14-12-24(23)29-25(31)28-21-8-6-20(26)7-9-21/h2-11,13,15,23-24H,12,14,16-17H2,1H3,(H2,28,29,31). The first-order valence-corrected chi connectivity index (χ1v) is 11.1. The average Bonchev–Trinajstić information content (AvgIpc) is 2.82. The zero-order chi connectivity index (χ0) is 22.3. The quantitative estimate of drug-likeness (QED) is 0.559. The number of pyridine rings is 1. The molecule has 1 aliphatic rings. The van der Waals surface area contributed by atoms with Crippen molar-refractivity contribution in [3.63, 3.8) is 0 Å². The molecule has 7 heteroatoms. The second-order valence-electron chi connectivity index (χ2n) is 7.98. The third-order valence-corrected chi connectivity index (χ3v) is 6.04. The summed E-state index contributed by atoms with van der Waals surface area (Å²) in [7, 11) is 1.66. The van der Waals surface area contributed by atoms with E-state index in [1.165, 1.54) is 11.1 Å². The topological polar surface area (TPSA) is 66.5 Å². The Morgan fingerprint density at radius 3 is 2.62 bits per heavy atom. The van der Waals surface area contributed by atoms with Gasteiger partial charge in [-0.05, 0) is 60.0 Å². The molecule has 2 N–H and O–H groups in total. The van der Waals surface area contributed by atoms with Crippen LogP contribution in [0.2, 0.25) is 5.02 Å². The number of likely N-dealkylation sites (tertiary alicyclic amines) is 1. The van der Waals surface area contributed by atoms with Gasteiger partial charge in [-0.2, -0.15) is 0 Å². The highest BCUT2D eigenvalue weighted by molar-refractivity contribution is 6.30. The lowest BCUT2D eigenvalue weighted by Crippen LogP contribution is -2.50. The molecule has 166 valence electrons. The number of rotatable bonds is 6. The molecule has 0 radical (unpaired) electrons. The van der Waals surface area contributed by atoms with Crippen molar-refractivity contribution in [3.05, 3.63) is 89.2 Å². The summed E-state index contributed by atoms with van der Waals surface area (Å²) >= 11 is 5.94. The fourth-order valence-corrected chi connectivity index (χ4v) is 4.27. The van der Waals surface area contributed by atoms with Crippen molar-refractivity contribution in [2.24, 2.45) is 0 Å². The molecule has 32 heavy (non-hydrogen) atoms. The van der Waals surface area contributed by atoms with Crippen LogP contribution in [0.15, 0.2) is 73.1 Å². The first-order chi connectivity index (χ1) is 15.6. The summed E-state index contributed by atoms with van der Waals surface area (Å²) in [6, 6.07) is 19.1. The number of urea groups is 1. The molecule has 6 nitrogen and oxygen atoms in total. The molecule has 0 bridgehead atoms. The minimum atomic E-state index is -0.212. The number of methoxy groups -OCH3 is 1. The number of hydrogen-bond acceptors (Lipinski definition) is 4. The third-order valence-electron chi connectivity index (χ3n) is 5.79. The van der Waals surface area contributed by atoms with Gasteiger partial charge >= 0.3 is 6.03 Å². The van der Waals surface area contributed by atoms with Gasteiger partial charge < -0.3 is 15.4 Å². The maximum atomic E-state index is 12.7. The maximum Gasteiger partial charge on any atom is 0.319 e. The Morgan fingerprint density at radius 1 is 1.16 bits per heavy atom. The summed E-state index contributed by atoms with van der Waals surface area (Å²) in [6.45, 7) is 2.57. The molecule has 2 aromatic carbocycles. The molecular weight excluding hydrogens is 424 g/mol. The van der Waals surface area contributed by atoms with E-state index in [1.54, 1.807) is 37.6 Å². The highest BCUT2D eigenvalue weighted by Gasteiger charge is 2.31. The van der Waals surface area contributed by atoms with E-state index in [1.807, 2.05) is 24.4 Å². The van der Waals surface area contributed by atoms with Crippen LogP contribution in [0.4, 0.5) is 10.5 Å². The largest absolute Gasteiger partial charge is 0.497 e. The minimum absolute atomic E-state index is 0.0147. The molecule has 0 spiro atoms. The molecule has 1 fully saturated rings. The number of anilines is 1. The van der Waals surface area contributed by atoms with Crippen LogP contribution in [-0.2, 0) is 6.54 Å². The van der Waals surface area contributed by atoms with Gasteiger partial charge in [0.1, 0.15) is 5.75 Å². The molecule has 2 unspecified atom stereocenters. The predicted molar refractivity (Wildman–Crippen MR) is 127 cm³/mol. The summed E-state index contributed by atoms with van der Waals surface area (Å²) in [4.78, 5) is 19.4. The van der Waals surface area contributed by atoms with Crippen molar-refractivity contribution in [2.75, 3.05) is 25.5 Å². The Hall–Kier alpha value is -3.09. The van der Waals surface area contributed by atoms with Gasteiger partial charge in [0.2, 0.25) is 0 Å². The Balaban J connectivity index is 1.47. The van der Waals surface area contributed by atoms with Gasteiger partial charge in [0.15, 0.2) is 0 Å². The van der Waals surface area contributed by atoms with E-state index >= 15 is 0 Å². The zero-order valence-corrected chi connectivity index (χ0v) is 18.8. The van der Waals surface area contributed by atoms with Crippen molar-refractivity contribution in [1.29, 1.82) is 0 Å². The number of ether oxygens (including phenoxy) is 1. The summed E-state index contributed by atoms with van der Waals surface area (Å²) in [6.07, 6.45) is 4.55. The maximum absolute atomic E-state index is 12.7. The molecule has 0 aliphatic carbocycles. The number of nitrogens with one attached hydrogen (secondary N) is 2. The lowest BCUT2D eigenvalue weighted by molar-refractivity contribution is 0.168. The Morgan fingerprint density at radius 2 is 1.94 bits per heavy atom.